The Morgan fingerprint density at radius 2 is 1.78 bits per heavy atom. The monoisotopic (exact) mass is 306 g/mol. The van der Waals surface area contributed by atoms with E-state index in [9.17, 15) is 4.79 Å². The van der Waals surface area contributed by atoms with E-state index in [2.05, 4.69) is 60.5 Å². The minimum atomic E-state index is -0.0242. The van der Waals surface area contributed by atoms with Crippen LogP contribution in [-0.4, -0.2) is 4.98 Å². The molecule has 0 spiro atoms. The lowest BCUT2D eigenvalue weighted by molar-refractivity contribution is 1.08. The minimum absolute atomic E-state index is 0.0242. The summed E-state index contributed by atoms with van der Waals surface area (Å²) >= 11 is 0. The Labute approximate surface area is 136 Å². The van der Waals surface area contributed by atoms with Crippen molar-refractivity contribution in [3.8, 4) is 0 Å². The molecule has 0 atom stereocenters. The van der Waals surface area contributed by atoms with Crippen molar-refractivity contribution >= 4 is 16.6 Å². The number of fused-ring (bicyclic) bond motifs is 1. The molecule has 0 aliphatic rings. The van der Waals surface area contributed by atoms with E-state index >= 15 is 0 Å². The first-order chi connectivity index (χ1) is 11.1. The van der Waals surface area contributed by atoms with Crippen LogP contribution in [0.1, 0.15) is 29.2 Å². The molecule has 0 unspecified atom stereocenters. The summed E-state index contributed by atoms with van der Waals surface area (Å²) in [6.07, 6.45) is 1.03. The predicted molar refractivity (Wildman–Crippen MR) is 97.2 cm³/mol. The Hall–Kier alpha value is -2.55. The van der Waals surface area contributed by atoms with Crippen molar-refractivity contribution in [1.82, 2.24) is 4.98 Å². The van der Waals surface area contributed by atoms with Crippen molar-refractivity contribution in [2.75, 3.05) is 5.32 Å². The van der Waals surface area contributed by atoms with Gasteiger partial charge < -0.3 is 10.3 Å². The molecule has 1 aromatic heterocycles. The first-order valence-electron chi connectivity index (χ1n) is 8.03. The van der Waals surface area contributed by atoms with E-state index in [1.54, 1.807) is 0 Å². The molecule has 0 aliphatic carbocycles. The molecular formula is C20H22N2O. The lowest BCUT2D eigenvalue weighted by Gasteiger charge is -2.10. The van der Waals surface area contributed by atoms with Crippen LogP contribution in [0, 0.1) is 13.8 Å². The predicted octanol–water partition coefficient (Wildman–Crippen LogP) is 4.32. The van der Waals surface area contributed by atoms with Crippen LogP contribution in [0.4, 0.5) is 5.69 Å². The quantitative estimate of drug-likeness (QED) is 0.754. The van der Waals surface area contributed by atoms with Gasteiger partial charge in [-0.1, -0.05) is 31.2 Å². The molecule has 2 aromatic carbocycles. The van der Waals surface area contributed by atoms with Crippen LogP contribution in [0.2, 0.25) is 0 Å². The number of pyridine rings is 1. The molecule has 0 saturated heterocycles. The zero-order valence-corrected chi connectivity index (χ0v) is 13.9. The Morgan fingerprint density at radius 3 is 2.48 bits per heavy atom. The van der Waals surface area contributed by atoms with Crippen LogP contribution in [0.25, 0.3) is 10.9 Å². The maximum atomic E-state index is 12.3. The highest BCUT2D eigenvalue weighted by Crippen LogP contribution is 2.19. The van der Waals surface area contributed by atoms with Gasteiger partial charge in [-0.2, -0.15) is 0 Å². The first kappa shape index (κ1) is 15.3. The van der Waals surface area contributed by atoms with Crippen molar-refractivity contribution in [3.63, 3.8) is 0 Å². The highest BCUT2D eigenvalue weighted by molar-refractivity contribution is 5.83. The molecule has 118 valence electrons. The number of hydrogen-bond donors (Lipinski definition) is 2. The van der Waals surface area contributed by atoms with Gasteiger partial charge in [-0.25, -0.2) is 0 Å². The fourth-order valence-electron chi connectivity index (χ4n) is 2.76. The van der Waals surface area contributed by atoms with Crippen molar-refractivity contribution in [2.45, 2.75) is 33.7 Å². The van der Waals surface area contributed by atoms with Crippen LogP contribution in [-0.2, 0) is 13.0 Å². The zero-order chi connectivity index (χ0) is 16.4. The third kappa shape index (κ3) is 3.14. The second-order valence-electron chi connectivity index (χ2n) is 6.00. The molecule has 23 heavy (non-hydrogen) atoms. The third-order valence-electron chi connectivity index (χ3n) is 4.47. The summed E-state index contributed by atoms with van der Waals surface area (Å²) in [4.78, 5) is 15.3. The largest absolute Gasteiger partial charge is 0.381 e. The van der Waals surface area contributed by atoms with E-state index in [-0.39, 0.29) is 5.56 Å². The normalized spacial score (nSPS) is 10.9. The second-order valence-corrected chi connectivity index (χ2v) is 6.00. The number of benzene rings is 2. The molecule has 0 aliphatic heterocycles. The number of H-pyrrole nitrogens is 1. The van der Waals surface area contributed by atoms with Crippen LogP contribution >= 0.6 is 0 Å². The Kier molecular flexibility index (Phi) is 4.20. The number of aryl methyl sites for hydroxylation is 3. The average molecular weight is 306 g/mol. The van der Waals surface area contributed by atoms with Gasteiger partial charge in [0.15, 0.2) is 0 Å². The summed E-state index contributed by atoms with van der Waals surface area (Å²) in [5, 5.41) is 4.40. The molecule has 3 aromatic rings. The van der Waals surface area contributed by atoms with Gasteiger partial charge in [0.2, 0.25) is 0 Å². The van der Waals surface area contributed by atoms with Gasteiger partial charge in [0.25, 0.3) is 5.56 Å². The number of hydrogen-bond acceptors (Lipinski definition) is 2. The van der Waals surface area contributed by atoms with E-state index in [4.69, 9.17) is 0 Å². The highest BCUT2D eigenvalue weighted by Gasteiger charge is 2.06. The van der Waals surface area contributed by atoms with Gasteiger partial charge in [0.05, 0.1) is 5.52 Å². The van der Waals surface area contributed by atoms with Gasteiger partial charge in [-0.3, -0.25) is 4.79 Å². The summed E-state index contributed by atoms with van der Waals surface area (Å²) in [6, 6.07) is 14.5. The smallest absolute Gasteiger partial charge is 0.253 e. The van der Waals surface area contributed by atoms with E-state index in [0.717, 1.165) is 34.1 Å². The van der Waals surface area contributed by atoms with Crippen LogP contribution in [0.5, 0.6) is 0 Å². The second kappa shape index (κ2) is 6.29. The molecule has 0 amide bonds. The number of anilines is 1. The summed E-state index contributed by atoms with van der Waals surface area (Å²) in [5.74, 6) is 0. The van der Waals surface area contributed by atoms with E-state index in [0.29, 0.717) is 6.54 Å². The molecule has 0 radical (unpaired) electrons. The molecule has 0 bridgehead atoms. The van der Waals surface area contributed by atoms with Crippen molar-refractivity contribution in [2.24, 2.45) is 0 Å². The topological polar surface area (TPSA) is 44.9 Å². The van der Waals surface area contributed by atoms with Gasteiger partial charge in [0.1, 0.15) is 0 Å². The van der Waals surface area contributed by atoms with Crippen molar-refractivity contribution < 1.29 is 0 Å². The van der Waals surface area contributed by atoms with Crippen LogP contribution in [0.15, 0.2) is 47.3 Å². The summed E-state index contributed by atoms with van der Waals surface area (Å²) in [7, 11) is 0. The fourth-order valence-corrected chi connectivity index (χ4v) is 2.76. The van der Waals surface area contributed by atoms with Crippen LogP contribution in [0.3, 0.4) is 0 Å². The lowest BCUT2D eigenvalue weighted by Crippen LogP contribution is -2.16. The Balaban J connectivity index is 1.86. The molecule has 0 fully saturated rings. The highest BCUT2D eigenvalue weighted by atomic mass is 16.1. The fraction of sp³-hybridized carbons (Fsp3) is 0.250. The standard InChI is InChI=1S/C20H22N2O/c1-4-15-6-9-18(10-7-15)21-12-17-11-16-8-5-13(2)14(3)19(16)22-20(17)23/h5-11,21H,4,12H2,1-3H3,(H,22,23). The minimum Gasteiger partial charge on any atom is -0.381 e. The summed E-state index contributed by atoms with van der Waals surface area (Å²) < 4.78 is 0. The van der Waals surface area contributed by atoms with Crippen molar-refractivity contribution in [1.29, 1.82) is 0 Å². The van der Waals surface area contributed by atoms with Gasteiger partial charge in [0, 0.05) is 17.8 Å². The average Bonchev–Trinajstić information content (AvgIpc) is 2.57. The summed E-state index contributed by atoms with van der Waals surface area (Å²) in [6.45, 7) is 6.76. The molecule has 0 saturated carbocycles. The maximum absolute atomic E-state index is 12.3. The molecule has 3 heteroatoms. The van der Waals surface area contributed by atoms with Crippen LogP contribution < -0.4 is 10.9 Å². The van der Waals surface area contributed by atoms with Gasteiger partial charge >= 0.3 is 0 Å². The summed E-state index contributed by atoms with van der Waals surface area (Å²) in [5.41, 5.74) is 6.33. The van der Waals surface area contributed by atoms with Gasteiger partial charge in [-0.15, -0.1) is 0 Å². The molecule has 2 N–H and O–H groups in total. The number of rotatable bonds is 4. The SMILES string of the molecule is CCc1ccc(NCc2cc3ccc(C)c(C)c3[nH]c2=O)cc1. The number of nitrogens with one attached hydrogen (secondary N) is 2. The Morgan fingerprint density at radius 1 is 1.04 bits per heavy atom. The maximum Gasteiger partial charge on any atom is 0.253 e. The first-order valence-corrected chi connectivity index (χ1v) is 8.03. The number of aromatic amines is 1. The number of aromatic nitrogens is 1. The molecular weight excluding hydrogens is 284 g/mol. The van der Waals surface area contributed by atoms with E-state index in [1.807, 2.05) is 13.0 Å². The lowest BCUT2D eigenvalue weighted by atomic mass is 10.0. The van der Waals surface area contributed by atoms with E-state index < -0.39 is 0 Å². The molecule has 3 nitrogen and oxygen atoms in total. The zero-order valence-electron chi connectivity index (χ0n) is 13.9. The Bertz CT molecular complexity index is 892. The molecule has 1 heterocycles. The third-order valence-corrected chi connectivity index (χ3v) is 4.47. The van der Waals surface area contributed by atoms with Crippen molar-refractivity contribution in [3.05, 3.63) is 75.1 Å². The van der Waals surface area contributed by atoms with Gasteiger partial charge in [-0.05, 0) is 60.5 Å². The van der Waals surface area contributed by atoms with E-state index in [1.165, 1.54) is 11.1 Å². The molecule has 3 rings (SSSR count).